The number of sulfonamides is 1. The maximum Gasteiger partial charge on any atom is 0.309 e. The van der Waals surface area contributed by atoms with Crippen LogP contribution in [0, 0.1) is 11.8 Å². The first kappa shape index (κ1) is 20.7. The van der Waals surface area contributed by atoms with E-state index in [0.717, 1.165) is 6.42 Å². The molecule has 1 fully saturated rings. The van der Waals surface area contributed by atoms with E-state index in [9.17, 15) is 18.0 Å². The lowest BCUT2D eigenvalue weighted by atomic mass is 10.3. The van der Waals surface area contributed by atoms with Crippen molar-refractivity contribution in [1.29, 1.82) is 0 Å². The highest BCUT2D eigenvalue weighted by atomic mass is 35.5. The van der Waals surface area contributed by atoms with Crippen molar-refractivity contribution >= 4 is 39.2 Å². The second-order valence-corrected chi connectivity index (χ2v) is 8.55. The highest BCUT2D eigenvalue weighted by Crippen LogP contribution is 2.38. The molecule has 0 saturated heterocycles. The summed E-state index contributed by atoms with van der Waals surface area (Å²) in [6.07, 6.45) is 0.775. The first-order chi connectivity index (χ1) is 12.2. The lowest BCUT2D eigenvalue weighted by Gasteiger charge is -2.19. The molecule has 1 aliphatic carbocycles. The van der Waals surface area contributed by atoms with Crippen molar-refractivity contribution in [3.63, 3.8) is 0 Å². The molecule has 1 amide bonds. The molecular formula is C17H23ClN2O5S. The number of benzene rings is 1. The van der Waals surface area contributed by atoms with Crippen LogP contribution in [-0.4, -0.2) is 44.3 Å². The summed E-state index contributed by atoms with van der Waals surface area (Å²) in [5.41, 5.74) is 0.153. The van der Waals surface area contributed by atoms with Crippen molar-refractivity contribution in [2.75, 3.05) is 25.0 Å². The van der Waals surface area contributed by atoms with Gasteiger partial charge in [0.15, 0.2) is 6.61 Å². The van der Waals surface area contributed by atoms with Crippen LogP contribution in [0.3, 0.4) is 0 Å². The van der Waals surface area contributed by atoms with Crippen LogP contribution >= 0.6 is 11.6 Å². The van der Waals surface area contributed by atoms with Crippen LogP contribution < -0.4 is 5.32 Å². The summed E-state index contributed by atoms with van der Waals surface area (Å²) in [5.74, 6) is -0.807. The molecule has 0 aliphatic heterocycles. The summed E-state index contributed by atoms with van der Waals surface area (Å²) in [6.45, 7) is 5.65. The molecule has 9 heteroatoms. The number of nitrogens with zero attached hydrogens (tertiary/aromatic N) is 1. The highest BCUT2D eigenvalue weighted by Gasteiger charge is 2.40. The predicted molar refractivity (Wildman–Crippen MR) is 98.4 cm³/mol. The van der Waals surface area contributed by atoms with Crippen molar-refractivity contribution in [2.45, 2.75) is 32.1 Å². The van der Waals surface area contributed by atoms with Gasteiger partial charge in [-0.05, 0) is 30.5 Å². The molecule has 0 radical (unpaired) electrons. The van der Waals surface area contributed by atoms with Crippen LogP contribution in [-0.2, 0) is 24.3 Å². The third-order valence-corrected chi connectivity index (χ3v) is 6.69. The van der Waals surface area contributed by atoms with Crippen LogP contribution in [0.2, 0.25) is 5.02 Å². The van der Waals surface area contributed by atoms with Gasteiger partial charge in [-0.15, -0.1) is 0 Å². The number of ether oxygens (including phenoxy) is 1. The van der Waals surface area contributed by atoms with Crippen molar-refractivity contribution in [3.05, 3.63) is 23.2 Å². The molecule has 1 aromatic rings. The summed E-state index contributed by atoms with van der Waals surface area (Å²) in [5, 5.41) is 2.69. The lowest BCUT2D eigenvalue weighted by molar-refractivity contribution is -0.148. The largest absolute Gasteiger partial charge is 0.455 e. The van der Waals surface area contributed by atoms with Crippen molar-refractivity contribution in [2.24, 2.45) is 11.8 Å². The number of esters is 1. The number of amides is 1. The Bertz CT molecular complexity index is 792. The first-order valence-corrected chi connectivity index (χ1v) is 10.3. The first-order valence-electron chi connectivity index (χ1n) is 8.46. The molecule has 0 aromatic heterocycles. The number of hydrogen-bond donors (Lipinski definition) is 1. The van der Waals surface area contributed by atoms with E-state index in [0.29, 0.717) is 19.0 Å². The Balaban J connectivity index is 2.07. The second-order valence-electron chi connectivity index (χ2n) is 6.21. The summed E-state index contributed by atoms with van der Waals surface area (Å²) >= 11 is 6.05. The van der Waals surface area contributed by atoms with Gasteiger partial charge in [-0.3, -0.25) is 9.59 Å². The number of hydrogen-bond acceptors (Lipinski definition) is 5. The molecule has 1 saturated carbocycles. The Morgan fingerprint density at radius 3 is 2.46 bits per heavy atom. The Hall–Kier alpha value is -1.64. The maximum absolute atomic E-state index is 12.6. The van der Waals surface area contributed by atoms with Crippen LogP contribution in [0.15, 0.2) is 23.1 Å². The van der Waals surface area contributed by atoms with Gasteiger partial charge in [0.05, 0.1) is 21.5 Å². The number of halogens is 1. The Morgan fingerprint density at radius 1 is 1.31 bits per heavy atom. The van der Waals surface area contributed by atoms with E-state index in [1.807, 2.05) is 6.92 Å². The van der Waals surface area contributed by atoms with Gasteiger partial charge in [0.25, 0.3) is 5.91 Å². The SMILES string of the molecule is CCN(CC)S(=O)(=O)c1ccc(Cl)c(NC(=O)COC(=O)[C@@H]2C[C@H]2C)c1. The van der Waals surface area contributed by atoms with Gasteiger partial charge in [0, 0.05) is 13.1 Å². The normalized spacial score (nSPS) is 19.3. The van der Waals surface area contributed by atoms with Gasteiger partial charge in [-0.1, -0.05) is 32.4 Å². The van der Waals surface area contributed by atoms with Crippen LogP contribution in [0.4, 0.5) is 5.69 Å². The van der Waals surface area contributed by atoms with E-state index in [1.54, 1.807) is 13.8 Å². The van der Waals surface area contributed by atoms with Gasteiger partial charge < -0.3 is 10.1 Å². The number of rotatable bonds is 8. The average molecular weight is 403 g/mol. The zero-order valence-corrected chi connectivity index (χ0v) is 16.6. The second kappa shape index (κ2) is 8.37. The number of carbonyl (C=O) groups excluding carboxylic acids is 2. The van der Waals surface area contributed by atoms with Gasteiger partial charge in [-0.2, -0.15) is 4.31 Å². The molecular weight excluding hydrogens is 380 g/mol. The predicted octanol–water partition coefficient (Wildman–Crippen LogP) is 2.51. The van der Waals surface area contributed by atoms with Gasteiger partial charge in [0.2, 0.25) is 10.0 Å². The molecule has 1 aromatic carbocycles. The van der Waals surface area contributed by atoms with Crippen molar-refractivity contribution in [3.8, 4) is 0 Å². The maximum atomic E-state index is 12.6. The topological polar surface area (TPSA) is 92.8 Å². The minimum absolute atomic E-state index is 0.0321. The Morgan fingerprint density at radius 2 is 1.92 bits per heavy atom. The van der Waals surface area contributed by atoms with Crippen LogP contribution in [0.1, 0.15) is 27.2 Å². The molecule has 7 nitrogen and oxygen atoms in total. The third-order valence-electron chi connectivity index (χ3n) is 4.31. The molecule has 0 spiro atoms. The fourth-order valence-corrected chi connectivity index (χ4v) is 4.20. The van der Waals surface area contributed by atoms with Gasteiger partial charge in [0.1, 0.15) is 0 Å². The fraction of sp³-hybridized carbons (Fsp3) is 0.529. The van der Waals surface area contributed by atoms with Crippen molar-refractivity contribution < 1.29 is 22.7 Å². The minimum atomic E-state index is -3.67. The molecule has 2 atom stereocenters. The smallest absolute Gasteiger partial charge is 0.309 e. The Labute approximate surface area is 158 Å². The van der Waals surface area contributed by atoms with E-state index in [4.69, 9.17) is 16.3 Å². The standard InChI is InChI=1S/C17H23ClN2O5S/c1-4-20(5-2)26(23,24)12-6-7-14(18)15(9-12)19-16(21)10-25-17(22)13-8-11(13)3/h6-7,9,11,13H,4-5,8,10H2,1-3H3,(H,19,21)/t11-,13-/m1/s1. The highest BCUT2D eigenvalue weighted by molar-refractivity contribution is 7.89. The van der Waals surface area contributed by atoms with E-state index >= 15 is 0 Å². The molecule has 0 unspecified atom stereocenters. The number of carbonyl (C=O) groups is 2. The molecule has 0 heterocycles. The summed E-state index contributed by atoms with van der Waals surface area (Å²) in [7, 11) is -3.67. The fourth-order valence-electron chi connectivity index (χ4n) is 2.55. The van der Waals surface area contributed by atoms with Gasteiger partial charge in [-0.25, -0.2) is 8.42 Å². The zero-order valence-electron chi connectivity index (χ0n) is 15.0. The van der Waals surface area contributed by atoms with Crippen molar-refractivity contribution in [1.82, 2.24) is 4.31 Å². The number of nitrogens with one attached hydrogen (secondary N) is 1. The van der Waals surface area contributed by atoms with E-state index < -0.39 is 28.5 Å². The molecule has 1 aliphatic rings. The molecule has 2 rings (SSSR count). The summed E-state index contributed by atoms with van der Waals surface area (Å²) in [6, 6.07) is 4.10. The molecule has 26 heavy (non-hydrogen) atoms. The minimum Gasteiger partial charge on any atom is -0.455 e. The third kappa shape index (κ3) is 4.75. The van der Waals surface area contributed by atoms with Crippen LogP contribution in [0.25, 0.3) is 0 Å². The van der Waals surface area contributed by atoms with E-state index in [1.165, 1.54) is 22.5 Å². The average Bonchev–Trinajstić information content (AvgIpc) is 3.32. The van der Waals surface area contributed by atoms with E-state index in [2.05, 4.69) is 5.32 Å². The molecule has 144 valence electrons. The quantitative estimate of drug-likeness (QED) is 0.674. The molecule has 1 N–H and O–H groups in total. The number of anilines is 1. The monoisotopic (exact) mass is 402 g/mol. The van der Waals surface area contributed by atoms with E-state index in [-0.39, 0.29) is 21.5 Å². The zero-order chi connectivity index (χ0) is 19.5. The van der Waals surface area contributed by atoms with Crippen LogP contribution in [0.5, 0.6) is 0 Å². The van der Waals surface area contributed by atoms with Gasteiger partial charge >= 0.3 is 5.97 Å². The summed E-state index contributed by atoms with van der Waals surface area (Å²) in [4.78, 5) is 23.7. The Kier molecular flexibility index (Phi) is 6.65. The lowest BCUT2D eigenvalue weighted by Crippen LogP contribution is -2.30. The summed E-state index contributed by atoms with van der Waals surface area (Å²) < 4.78 is 31.4. The molecule has 0 bridgehead atoms.